The molecule has 1 aromatic heterocycles. The second-order valence-electron chi connectivity index (χ2n) is 7.06. The van der Waals surface area contributed by atoms with Crippen LogP contribution in [0, 0.1) is 5.92 Å². The second-order valence-corrected chi connectivity index (χ2v) is 7.06. The summed E-state index contributed by atoms with van der Waals surface area (Å²) in [5.74, 6) is 0.116. The minimum atomic E-state index is -0.690. The molecule has 1 aromatic carbocycles. The predicted octanol–water partition coefficient (Wildman–Crippen LogP) is 2.87. The molecule has 1 aliphatic heterocycles. The monoisotopic (exact) mass is 338 g/mol. The lowest BCUT2D eigenvalue weighted by molar-refractivity contribution is -0.134. The maximum Gasteiger partial charge on any atom is 0.325 e. The Hall–Kier alpha value is -2.63. The van der Waals surface area contributed by atoms with Gasteiger partial charge in [-0.3, -0.25) is 9.69 Å². The maximum atomic E-state index is 13.0. The van der Waals surface area contributed by atoms with E-state index in [0.717, 1.165) is 36.9 Å². The summed E-state index contributed by atoms with van der Waals surface area (Å²) in [6, 6.07) is 9.36. The molecule has 1 saturated heterocycles. The fraction of sp³-hybridized carbons (Fsp3) is 0.421. The zero-order valence-electron chi connectivity index (χ0n) is 14.3. The number of benzene rings is 1. The van der Waals surface area contributed by atoms with Gasteiger partial charge in [0.25, 0.3) is 5.91 Å². The number of carbonyl (C=O) groups excluding carboxylic acids is 2. The maximum absolute atomic E-state index is 13.0. The van der Waals surface area contributed by atoms with Crippen LogP contribution in [0.5, 0.6) is 0 Å². The minimum absolute atomic E-state index is 0.0687. The van der Waals surface area contributed by atoms with Crippen LogP contribution in [0.1, 0.15) is 38.2 Å². The van der Waals surface area contributed by atoms with Crippen molar-refractivity contribution in [3.05, 3.63) is 48.3 Å². The van der Waals surface area contributed by atoms with Gasteiger partial charge < -0.3 is 5.32 Å². The van der Waals surface area contributed by atoms with Gasteiger partial charge in [-0.1, -0.05) is 31.9 Å². The topological polar surface area (TPSA) is 67.2 Å². The molecular weight excluding hydrogens is 316 g/mol. The average molecular weight is 338 g/mol. The molecule has 25 heavy (non-hydrogen) atoms. The summed E-state index contributed by atoms with van der Waals surface area (Å²) in [5, 5.41) is 7.19. The Morgan fingerprint density at radius 3 is 2.72 bits per heavy atom. The van der Waals surface area contributed by atoms with Gasteiger partial charge in [0.1, 0.15) is 5.54 Å². The zero-order chi connectivity index (χ0) is 17.4. The number of urea groups is 1. The Labute approximate surface area is 146 Å². The molecule has 1 saturated carbocycles. The van der Waals surface area contributed by atoms with Crippen LogP contribution in [0.2, 0.25) is 0 Å². The Balaban J connectivity index is 1.52. The third kappa shape index (κ3) is 2.62. The van der Waals surface area contributed by atoms with E-state index in [1.54, 1.807) is 10.9 Å². The lowest BCUT2D eigenvalue weighted by Crippen LogP contribution is -2.53. The summed E-state index contributed by atoms with van der Waals surface area (Å²) < 4.78 is 1.77. The molecule has 4 rings (SSSR count). The molecule has 2 aliphatic rings. The quantitative estimate of drug-likeness (QED) is 0.875. The Kier molecular flexibility index (Phi) is 3.82. The molecule has 2 heterocycles. The number of rotatable bonds is 3. The third-order valence-corrected chi connectivity index (χ3v) is 5.55. The van der Waals surface area contributed by atoms with E-state index in [0.29, 0.717) is 6.54 Å². The number of carbonyl (C=O) groups is 2. The van der Waals surface area contributed by atoms with E-state index in [9.17, 15) is 9.59 Å². The van der Waals surface area contributed by atoms with Crippen molar-refractivity contribution < 1.29 is 9.59 Å². The zero-order valence-corrected chi connectivity index (χ0v) is 14.3. The van der Waals surface area contributed by atoms with Gasteiger partial charge in [-0.15, -0.1) is 0 Å². The molecule has 1 spiro atoms. The molecule has 0 radical (unpaired) electrons. The fourth-order valence-corrected chi connectivity index (χ4v) is 4.00. The summed E-state index contributed by atoms with van der Waals surface area (Å²) >= 11 is 0. The molecule has 130 valence electrons. The molecule has 6 nitrogen and oxygen atoms in total. The molecule has 0 bridgehead atoms. The molecule has 3 amide bonds. The van der Waals surface area contributed by atoms with E-state index in [2.05, 4.69) is 17.3 Å². The SMILES string of the molecule is CC1CCCCC12NC(=O)N(Cc1ccc(-n3cccn3)cc1)C2=O. The highest BCUT2D eigenvalue weighted by molar-refractivity contribution is 6.07. The van der Waals surface area contributed by atoms with Crippen molar-refractivity contribution in [3.8, 4) is 5.69 Å². The summed E-state index contributed by atoms with van der Waals surface area (Å²) in [6.07, 6.45) is 7.45. The molecule has 1 N–H and O–H groups in total. The number of amides is 3. The summed E-state index contributed by atoms with van der Waals surface area (Å²) in [5.41, 5.74) is 1.19. The smallest absolute Gasteiger partial charge is 0.323 e. The molecule has 1 aliphatic carbocycles. The van der Waals surface area contributed by atoms with E-state index in [1.807, 2.05) is 36.5 Å². The third-order valence-electron chi connectivity index (χ3n) is 5.55. The number of hydrogen-bond acceptors (Lipinski definition) is 3. The first-order chi connectivity index (χ1) is 12.1. The average Bonchev–Trinajstić information content (AvgIpc) is 3.22. The highest BCUT2D eigenvalue weighted by atomic mass is 16.2. The van der Waals surface area contributed by atoms with Crippen molar-refractivity contribution >= 4 is 11.9 Å². The molecular formula is C19H22N4O2. The van der Waals surface area contributed by atoms with E-state index in [1.165, 1.54) is 4.90 Å². The number of imide groups is 1. The van der Waals surface area contributed by atoms with Crippen molar-refractivity contribution in [2.24, 2.45) is 5.92 Å². The highest BCUT2D eigenvalue weighted by Crippen LogP contribution is 2.38. The molecule has 2 fully saturated rings. The van der Waals surface area contributed by atoms with E-state index in [4.69, 9.17) is 0 Å². The van der Waals surface area contributed by atoms with E-state index in [-0.39, 0.29) is 17.9 Å². The Morgan fingerprint density at radius 1 is 1.24 bits per heavy atom. The van der Waals surface area contributed by atoms with E-state index >= 15 is 0 Å². The standard InChI is InChI=1S/C19H22N4O2/c1-14-5-2-3-10-19(14)17(24)22(18(25)21-19)13-15-6-8-16(9-7-15)23-12-4-11-20-23/h4,6-9,11-12,14H,2-3,5,10,13H2,1H3,(H,21,25). The summed E-state index contributed by atoms with van der Waals surface area (Å²) in [7, 11) is 0. The predicted molar refractivity (Wildman–Crippen MR) is 93.0 cm³/mol. The van der Waals surface area contributed by atoms with Gasteiger partial charge in [-0.2, -0.15) is 5.10 Å². The van der Waals surface area contributed by atoms with E-state index < -0.39 is 5.54 Å². The van der Waals surface area contributed by atoms with Crippen molar-refractivity contribution in [2.75, 3.05) is 0 Å². The van der Waals surface area contributed by atoms with Crippen LogP contribution in [0.15, 0.2) is 42.7 Å². The molecule has 2 aromatic rings. The van der Waals surface area contributed by atoms with Crippen molar-refractivity contribution in [3.63, 3.8) is 0 Å². The Bertz CT molecular complexity index is 784. The number of hydrogen-bond donors (Lipinski definition) is 1. The van der Waals surface area contributed by atoms with Crippen LogP contribution in [0.3, 0.4) is 0 Å². The normalized spacial score (nSPS) is 26.3. The number of aromatic nitrogens is 2. The molecule has 6 heteroatoms. The first-order valence-corrected chi connectivity index (χ1v) is 8.83. The van der Waals surface area contributed by atoms with Crippen LogP contribution in [0.4, 0.5) is 4.79 Å². The van der Waals surface area contributed by atoms with Crippen LogP contribution < -0.4 is 5.32 Å². The fourth-order valence-electron chi connectivity index (χ4n) is 4.00. The van der Waals surface area contributed by atoms with Gasteiger partial charge in [0.2, 0.25) is 0 Å². The van der Waals surface area contributed by atoms with Gasteiger partial charge >= 0.3 is 6.03 Å². The summed E-state index contributed by atoms with van der Waals surface area (Å²) in [4.78, 5) is 26.8. The number of nitrogens with one attached hydrogen (secondary N) is 1. The number of nitrogens with zero attached hydrogens (tertiary/aromatic N) is 3. The van der Waals surface area contributed by atoms with Crippen LogP contribution in [-0.2, 0) is 11.3 Å². The second kappa shape index (κ2) is 6.02. The van der Waals surface area contributed by atoms with Crippen molar-refractivity contribution in [1.29, 1.82) is 0 Å². The summed E-state index contributed by atoms with van der Waals surface area (Å²) in [6.45, 7) is 2.37. The van der Waals surface area contributed by atoms with Crippen LogP contribution in [0.25, 0.3) is 5.69 Å². The first kappa shape index (κ1) is 15.9. The molecule has 2 unspecified atom stereocenters. The largest absolute Gasteiger partial charge is 0.325 e. The van der Waals surface area contributed by atoms with Gasteiger partial charge in [0, 0.05) is 12.4 Å². The Morgan fingerprint density at radius 2 is 2.04 bits per heavy atom. The van der Waals surface area contributed by atoms with Crippen LogP contribution in [-0.4, -0.2) is 32.2 Å². The lowest BCUT2D eigenvalue weighted by atomic mass is 9.73. The highest BCUT2D eigenvalue weighted by Gasteiger charge is 2.54. The van der Waals surface area contributed by atoms with Gasteiger partial charge in [0.05, 0.1) is 12.2 Å². The first-order valence-electron chi connectivity index (χ1n) is 8.83. The molecule has 2 atom stereocenters. The van der Waals surface area contributed by atoms with Crippen LogP contribution >= 0.6 is 0 Å². The van der Waals surface area contributed by atoms with Gasteiger partial charge in [0.15, 0.2) is 0 Å². The minimum Gasteiger partial charge on any atom is -0.323 e. The van der Waals surface area contributed by atoms with Gasteiger partial charge in [-0.25, -0.2) is 9.48 Å². The van der Waals surface area contributed by atoms with Crippen molar-refractivity contribution in [2.45, 2.75) is 44.7 Å². The van der Waals surface area contributed by atoms with Crippen molar-refractivity contribution in [1.82, 2.24) is 20.0 Å². The van der Waals surface area contributed by atoms with Gasteiger partial charge in [-0.05, 0) is 42.5 Å². The lowest BCUT2D eigenvalue weighted by Gasteiger charge is -2.36.